The van der Waals surface area contributed by atoms with Crippen molar-refractivity contribution in [1.29, 1.82) is 0 Å². The summed E-state index contributed by atoms with van der Waals surface area (Å²) in [5, 5.41) is 0. The van der Waals surface area contributed by atoms with Crippen LogP contribution >= 0.6 is 0 Å². The van der Waals surface area contributed by atoms with Crippen molar-refractivity contribution in [3.63, 3.8) is 0 Å². The molecule has 0 radical (unpaired) electrons. The van der Waals surface area contributed by atoms with E-state index >= 15 is 0 Å². The number of anilines is 1. The topological polar surface area (TPSA) is 46.3 Å². The van der Waals surface area contributed by atoms with E-state index in [9.17, 15) is 4.79 Å². The molecule has 0 aliphatic heterocycles. The molecule has 0 aliphatic rings. The van der Waals surface area contributed by atoms with Crippen LogP contribution in [0.15, 0.2) is 36.4 Å². The van der Waals surface area contributed by atoms with Crippen LogP contribution in [-0.2, 0) is 4.79 Å². The molecule has 17 heavy (non-hydrogen) atoms. The summed E-state index contributed by atoms with van der Waals surface area (Å²) in [7, 11) is 0. The van der Waals surface area contributed by atoms with Crippen LogP contribution in [0.1, 0.15) is 18.9 Å². The van der Waals surface area contributed by atoms with Crippen LogP contribution in [0.25, 0.3) is 0 Å². The lowest BCUT2D eigenvalue weighted by molar-refractivity contribution is -0.117. The highest BCUT2D eigenvalue weighted by atomic mass is 16.1. The Balaban J connectivity index is 2.81. The minimum atomic E-state index is -0.274. The van der Waals surface area contributed by atoms with Gasteiger partial charge < -0.3 is 10.6 Å². The minimum Gasteiger partial charge on any atom is -0.370 e. The van der Waals surface area contributed by atoms with Crippen molar-refractivity contribution >= 4 is 11.6 Å². The van der Waals surface area contributed by atoms with Gasteiger partial charge in [0.1, 0.15) is 0 Å². The summed E-state index contributed by atoms with van der Waals surface area (Å²) < 4.78 is 0. The molecule has 2 N–H and O–H groups in total. The molecule has 1 aromatic rings. The molecule has 0 unspecified atom stereocenters. The number of amides is 1. The fraction of sp³-hybridized carbons (Fsp3) is 0.357. The molecule has 0 bridgehead atoms. The van der Waals surface area contributed by atoms with Crippen molar-refractivity contribution in [3.8, 4) is 0 Å². The first-order valence-electron chi connectivity index (χ1n) is 5.73. The Morgan fingerprint density at radius 2 is 2.18 bits per heavy atom. The highest BCUT2D eigenvalue weighted by Gasteiger charge is 2.08. The first-order chi connectivity index (χ1) is 7.99. The van der Waals surface area contributed by atoms with Crippen molar-refractivity contribution in [2.45, 2.75) is 20.3 Å². The molecule has 0 fully saturated rings. The van der Waals surface area contributed by atoms with Gasteiger partial charge in [-0.15, -0.1) is 0 Å². The number of aryl methyl sites for hydroxylation is 1. The maximum absolute atomic E-state index is 10.9. The molecule has 0 spiro atoms. The molecule has 1 aromatic carbocycles. The number of hydrogen-bond acceptors (Lipinski definition) is 2. The number of rotatable bonds is 6. The fourth-order valence-electron chi connectivity index (χ4n) is 1.70. The second-order valence-corrected chi connectivity index (χ2v) is 4.43. The monoisotopic (exact) mass is 232 g/mol. The lowest BCUT2D eigenvalue weighted by Gasteiger charge is -2.24. The SMILES string of the molecule is C=C(C)CN(CCC(N)=O)c1cccc(C)c1. The molecular formula is C14H20N2O. The van der Waals surface area contributed by atoms with Gasteiger partial charge in [0.05, 0.1) is 0 Å². The standard InChI is InChI=1S/C14H20N2O/c1-11(2)10-16(8-7-14(15)17)13-6-4-5-12(3)9-13/h4-6,9H,1,7-8,10H2,2-3H3,(H2,15,17). The zero-order chi connectivity index (χ0) is 12.8. The Kier molecular flexibility index (Phi) is 4.76. The number of nitrogens with zero attached hydrogens (tertiary/aromatic N) is 1. The van der Waals surface area contributed by atoms with Crippen molar-refractivity contribution in [3.05, 3.63) is 42.0 Å². The van der Waals surface area contributed by atoms with E-state index in [0.717, 1.165) is 17.8 Å². The van der Waals surface area contributed by atoms with Gasteiger partial charge in [0.15, 0.2) is 0 Å². The van der Waals surface area contributed by atoms with Crippen molar-refractivity contribution in [2.75, 3.05) is 18.0 Å². The second kappa shape index (κ2) is 6.09. The van der Waals surface area contributed by atoms with Crippen molar-refractivity contribution in [2.24, 2.45) is 5.73 Å². The first kappa shape index (κ1) is 13.3. The maximum atomic E-state index is 10.9. The Hall–Kier alpha value is -1.77. The smallest absolute Gasteiger partial charge is 0.219 e. The number of carbonyl (C=O) groups excluding carboxylic acids is 1. The van der Waals surface area contributed by atoms with Crippen LogP contribution in [0.2, 0.25) is 0 Å². The molecule has 0 heterocycles. The summed E-state index contributed by atoms with van der Waals surface area (Å²) in [5.74, 6) is -0.274. The Morgan fingerprint density at radius 1 is 1.47 bits per heavy atom. The van der Waals surface area contributed by atoms with Gasteiger partial charge in [0.25, 0.3) is 0 Å². The third-order valence-corrected chi connectivity index (χ3v) is 2.46. The van der Waals surface area contributed by atoms with E-state index in [1.165, 1.54) is 5.56 Å². The molecule has 0 aliphatic carbocycles. The van der Waals surface area contributed by atoms with Gasteiger partial charge in [-0.05, 0) is 31.5 Å². The number of benzene rings is 1. The fourth-order valence-corrected chi connectivity index (χ4v) is 1.70. The summed E-state index contributed by atoms with van der Waals surface area (Å²) in [6.07, 6.45) is 0.362. The average Bonchev–Trinajstić information content (AvgIpc) is 2.23. The van der Waals surface area contributed by atoms with Gasteiger partial charge >= 0.3 is 0 Å². The van der Waals surface area contributed by atoms with Crippen molar-refractivity contribution < 1.29 is 4.79 Å². The second-order valence-electron chi connectivity index (χ2n) is 4.43. The molecule has 92 valence electrons. The summed E-state index contributed by atoms with van der Waals surface area (Å²) in [6.45, 7) is 9.32. The predicted octanol–water partition coefficient (Wildman–Crippen LogP) is 2.25. The zero-order valence-electron chi connectivity index (χ0n) is 10.6. The van der Waals surface area contributed by atoms with Crippen LogP contribution in [0.3, 0.4) is 0 Å². The largest absolute Gasteiger partial charge is 0.370 e. The molecular weight excluding hydrogens is 212 g/mol. The molecule has 3 heteroatoms. The summed E-state index contributed by atoms with van der Waals surface area (Å²) >= 11 is 0. The van der Waals surface area contributed by atoms with Gasteiger partial charge in [0, 0.05) is 25.2 Å². The van der Waals surface area contributed by atoms with Crippen LogP contribution < -0.4 is 10.6 Å². The van der Waals surface area contributed by atoms with E-state index in [1.807, 2.05) is 19.1 Å². The van der Waals surface area contributed by atoms with E-state index < -0.39 is 0 Å². The van der Waals surface area contributed by atoms with Gasteiger partial charge in [-0.3, -0.25) is 4.79 Å². The minimum absolute atomic E-state index is 0.274. The van der Waals surface area contributed by atoms with Gasteiger partial charge in [-0.1, -0.05) is 24.3 Å². The Bertz CT molecular complexity index is 412. The van der Waals surface area contributed by atoms with E-state index in [1.54, 1.807) is 0 Å². The molecule has 1 rings (SSSR count). The Morgan fingerprint density at radius 3 is 2.71 bits per heavy atom. The first-order valence-corrected chi connectivity index (χ1v) is 5.73. The maximum Gasteiger partial charge on any atom is 0.219 e. The molecule has 0 aromatic heterocycles. The lowest BCUT2D eigenvalue weighted by atomic mass is 10.2. The number of carbonyl (C=O) groups is 1. The van der Waals surface area contributed by atoms with Crippen LogP contribution in [0, 0.1) is 6.92 Å². The number of hydrogen-bond donors (Lipinski definition) is 1. The predicted molar refractivity (Wildman–Crippen MR) is 72.0 cm³/mol. The molecule has 0 atom stereocenters. The highest BCUT2D eigenvalue weighted by Crippen LogP contribution is 2.17. The molecule has 0 saturated carbocycles. The highest BCUT2D eigenvalue weighted by molar-refractivity contribution is 5.74. The van der Waals surface area contributed by atoms with E-state index in [2.05, 4.69) is 30.5 Å². The Labute approximate surface area is 103 Å². The summed E-state index contributed by atoms with van der Waals surface area (Å²) in [6, 6.07) is 8.21. The van der Waals surface area contributed by atoms with Gasteiger partial charge in [-0.25, -0.2) is 0 Å². The summed E-state index contributed by atoms with van der Waals surface area (Å²) in [4.78, 5) is 13.0. The third kappa shape index (κ3) is 4.72. The normalized spacial score (nSPS) is 10.0. The van der Waals surface area contributed by atoms with Crippen LogP contribution in [-0.4, -0.2) is 19.0 Å². The molecule has 0 saturated heterocycles. The van der Waals surface area contributed by atoms with Crippen LogP contribution in [0.5, 0.6) is 0 Å². The quantitative estimate of drug-likeness (QED) is 0.765. The van der Waals surface area contributed by atoms with Crippen LogP contribution in [0.4, 0.5) is 5.69 Å². The number of primary amides is 1. The van der Waals surface area contributed by atoms with E-state index in [0.29, 0.717) is 13.0 Å². The third-order valence-electron chi connectivity index (χ3n) is 2.46. The lowest BCUT2D eigenvalue weighted by Crippen LogP contribution is -2.29. The van der Waals surface area contributed by atoms with Gasteiger partial charge in [-0.2, -0.15) is 0 Å². The summed E-state index contributed by atoms with van der Waals surface area (Å²) in [5.41, 5.74) is 8.57. The molecule has 1 amide bonds. The van der Waals surface area contributed by atoms with E-state index in [-0.39, 0.29) is 5.91 Å². The zero-order valence-corrected chi connectivity index (χ0v) is 10.6. The van der Waals surface area contributed by atoms with Crippen molar-refractivity contribution in [1.82, 2.24) is 0 Å². The molecule has 3 nitrogen and oxygen atoms in total. The number of nitrogens with two attached hydrogens (primary N) is 1. The van der Waals surface area contributed by atoms with Gasteiger partial charge in [0.2, 0.25) is 5.91 Å². The van der Waals surface area contributed by atoms with E-state index in [4.69, 9.17) is 5.73 Å². The average molecular weight is 232 g/mol.